The first-order valence-electron chi connectivity index (χ1n) is 5.94. The lowest BCUT2D eigenvalue weighted by atomic mass is 10.1. The molecule has 3 nitrogen and oxygen atoms in total. The maximum Gasteiger partial charge on any atom is 0.271 e. The Labute approximate surface area is 101 Å². The summed E-state index contributed by atoms with van der Waals surface area (Å²) in [7, 11) is 0. The summed E-state index contributed by atoms with van der Waals surface area (Å²) < 4.78 is 1.59. The smallest absolute Gasteiger partial charge is 0.271 e. The van der Waals surface area contributed by atoms with Crippen molar-refractivity contribution in [3.05, 3.63) is 51.9 Å². The fourth-order valence-electron chi connectivity index (χ4n) is 1.87. The monoisotopic (exact) mass is 230 g/mol. The molecule has 0 amide bonds. The molecule has 1 N–H and O–H groups in total. The predicted molar refractivity (Wildman–Crippen MR) is 69.7 cm³/mol. The fraction of sp³-hybridized carbons (Fsp3) is 0.357. The molecule has 17 heavy (non-hydrogen) atoms. The van der Waals surface area contributed by atoms with Gasteiger partial charge in [0.1, 0.15) is 0 Å². The topological polar surface area (TPSA) is 37.8 Å². The summed E-state index contributed by atoms with van der Waals surface area (Å²) in [4.78, 5) is 11.8. The van der Waals surface area contributed by atoms with E-state index in [-0.39, 0.29) is 5.56 Å². The first-order chi connectivity index (χ1) is 8.06. The number of aromatic amines is 1. The Bertz CT molecular complexity index is 546. The van der Waals surface area contributed by atoms with Gasteiger partial charge in [-0.15, -0.1) is 0 Å². The Balaban J connectivity index is 2.36. The molecule has 3 heteroatoms. The molecule has 0 aliphatic rings. The van der Waals surface area contributed by atoms with Crippen molar-refractivity contribution in [2.45, 2.75) is 27.2 Å². The van der Waals surface area contributed by atoms with Crippen LogP contribution in [0.25, 0.3) is 5.69 Å². The van der Waals surface area contributed by atoms with Crippen LogP contribution in [0.4, 0.5) is 0 Å². The lowest BCUT2D eigenvalue weighted by Crippen LogP contribution is -2.13. The summed E-state index contributed by atoms with van der Waals surface area (Å²) in [6.07, 6.45) is 0.897. The molecule has 0 radical (unpaired) electrons. The van der Waals surface area contributed by atoms with Gasteiger partial charge in [-0.05, 0) is 31.4 Å². The van der Waals surface area contributed by atoms with Crippen LogP contribution in [-0.2, 0) is 6.42 Å². The molecule has 0 aliphatic carbocycles. The Kier molecular flexibility index (Phi) is 3.18. The van der Waals surface area contributed by atoms with E-state index in [1.54, 1.807) is 10.7 Å². The summed E-state index contributed by atoms with van der Waals surface area (Å²) in [5.74, 6) is 0.541. The summed E-state index contributed by atoms with van der Waals surface area (Å²) in [5, 5.41) is 3.15. The van der Waals surface area contributed by atoms with Crippen LogP contribution in [0.3, 0.4) is 0 Å². The van der Waals surface area contributed by atoms with Crippen LogP contribution in [0.5, 0.6) is 0 Å². The van der Waals surface area contributed by atoms with Crippen molar-refractivity contribution >= 4 is 0 Å². The summed E-state index contributed by atoms with van der Waals surface area (Å²) in [5.41, 5.74) is 3.07. The van der Waals surface area contributed by atoms with Gasteiger partial charge in [0.25, 0.3) is 5.56 Å². The number of rotatable bonds is 3. The Morgan fingerprint density at radius 1 is 1.24 bits per heavy atom. The largest absolute Gasteiger partial charge is 0.295 e. The van der Waals surface area contributed by atoms with E-state index in [1.807, 2.05) is 31.2 Å². The molecular weight excluding hydrogens is 212 g/mol. The maximum atomic E-state index is 11.8. The highest BCUT2D eigenvalue weighted by Gasteiger charge is 2.06. The van der Waals surface area contributed by atoms with Crippen molar-refractivity contribution < 1.29 is 0 Å². The first kappa shape index (κ1) is 11.7. The predicted octanol–water partition coefficient (Wildman–Crippen LogP) is 2.67. The van der Waals surface area contributed by atoms with Gasteiger partial charge in [0.05, 0.1) is 5.69 Å². The lowest BCUT2D eigenvalue weighted by Gasteiger charge is -2.04. The van der Waals surface area contributed by atoms with Crippen molar-refractivity contribution in [2.24, 2.45) is 5.92 Å². The van der Waals surface area contributed by atoms with Crippen LogP contribution in [0.15, 0.2) is 35.1 Å². The van der Waals surface area contributed by atoms with Crippen LogP contribution in [-0.4, -0.2) is 9.78 Å². The first-order valence-corrected chi connectivity index (χ1v) is 5.94. The van der Waals surface area contributed by atoms with E-state index in [0.717, 1.165) is 17.8 Å². The maximum absolute atomic E-state index is 11.8. The second-order valence-corrected chi connectivity index (χ2v) is 4.89. The van der Waals surface area contributed by atoms with Crippen LogP contribution < -0.4 is 5.56 Å². The second kappa shape index (κ2) is 4.62. The lowest BCUT2D eigenvalue weighted by molar-refractivity contribution is 0.628. The molecule has 0 spiro atoms. The van der Waals surface area contributed by atoms with Crippen molar-refractivity contribution in [2.75, 3.05) is 0 Å². The number of benzene rings is 1. The van der Waals surface area contributed by atoms with Gasteiger partial charge in [0.15, 0.2) is 0 Å². The highest BCUT2D eigenvalue weighted by molar-refractivity contribution is 5.33. The highest BCUT2D eigenvalue weighted by Crippen LogP contribution is 2.08. The molecule has 90 valence electrons. The van der Waals surface area contributed by atoms with E-state index in [9.17, 15) is 4.79 Å². The minimum atomic E-state index is 0.00417. The highest BCUT2D eigenvalue weighted by atomic mass is 16.1. The average Bonchev–Trinajstić information content (AvgIpc) is 2.59. The standard InChI is InChI=1S/C14H18N2O/c1-10(2)8-12-9-14(17)16(15-12)13-6-4-11(3)5-7-13/h4-7,9-10,15H,8H2,1-3H3. The van der Waals surface area contributed by atoms with E-state index in [4.69, 9.17) is 0 Å². The van der Waals surface area contributed by atoms with Crippen LogP contribution in [0, 0.1) is 12.8 Å². The van der Waals surface area contributed by atoms with Crippen molar-refractivity contribution in [1.82, 2.24) is 9.78 Å². The zero-order valence-corrected chi connectivity index (χ0v) is 10.5. The molecule has 1 aromatic carbocycles. The normalized spacial score (nSPS) is 11.1. The minimum Gasteiger partial charge on any atom is -0.295 e. The molecular formula is C14H18N2O. The van der Waals surface area contributed by atoms with E-state index < -0.39 is 0 Å². The molecule has 2 aromatic rings. The average molecular weight is 230 g/mol. The number of hydrogen-bond donors (Lipinski definition) is 1. The molecule has 1 aromatic heterocycles. The van der Waals surface area contributed by atoms with Crippen molar-refractivity contribution in [3.8, 4) is 5.69 Å². The molecule has 1 heterocycles. The van der Waals surface area contributed by atoms with Gasteiger partial charge < -0.3 is 0 Å². The molecule has 0 aliphatic heterocycles. The number of hydrogen-bond acceptors (Lipinski definition) is 1. The number of nitrogens with zero attached hydrogens (tertiary/aromatic N) is 1. The van der Waals surface area contributed by atoms with E-state index in [0.29, 0.717) is 5.92 Å². The Morgan fingerprint density at radius 3 is 2.47 bits per heavy atom. The summed E-state index contributed by atoms with van der Waals surface area (Å²) in [6, 6.07) is 9.59. The molecule has 0 saturated heterocycles. The number of nitrogens with one attached hydrogen (secondary N) is 1. The van der Waals surface area contributed by atoms with Gasteiger partial charge in [-0.2, -0.15) is 0 Å². The zero-order valence-electron chi connectivity index (χ0n) is 10.5. The van der Waals surface area contributed by atoms with Gasteiger partial charge in [0, 0.05) is 11.8 Å². The minimum absolute atomic E-state index is 0.00417. The van der Waals surface area contributed by atoms with Gasteiger partial charge >= 0.3 is 0 Å². The Hall–Kier alpha value is -1.77. The molecule has 0 unspecified atom stereocenters. The molecule has 0 atom stereocenters. The van der Waals surface area contributed by atoms with E-state index >= 15 is 0 Å². The number of aryl methyl sites for hydroxylation is 1. The van der Waals surface area contributed by atoms with Gasteiger partial charge in [-0.25, -0.2) is 4.68 Å². The van der Waals surface area contributed by atoms with Gasteiger partial charge in [0.2, 0.25) is 0 Å². The molecule has 2 rings (SSSR count). The SMILES string of the molecule is Cc1ccc(-n2[nH]c(CC(C)C)cc2=O)cc1. The van der Waals surface area contributed by atoms with E-state index in [1.165, 1.54) is 5.56 Å². The third-order valence-corrected chi connectivity index (χ3v) is 2.69. The second-order valence-electron chi connectivity index (χ2n) is 4.89. The fourth-order valence-corrected chi connectivity index (χ4v) is 1.87. The van der Waals surface area contributed by atoms with Crippen LogP contribution in [0.1, 0.15) is 25.1 Å². The Morgan fingerprint density at radius 2 is 1.88 bits per heavy atom. The molecule has 0 saturated carbocycles. The third-order valence-electron chi connectivity index (χ3n) is 2.69. The zero-order chi connectivity index (χ0) is 12.4. The van der Waals surface area contributed by atoms with Crippen LogP contribution >= 0.6 is 0 Å². The molecule has 0 fully saturated rings. The van der Waals surface area contributed by atoms with Crippen molar-refractivity contribution in [3.63, 3.8) is 0 Å². The third kappa shape index (κ3) is 2.67. The van der Waals surface area contributed by atoms with Gasteiger partial charge in [-0.3, -0.25) is 9.89 Å². The van der Waals surface area contributed by atoms with E-state index in [2.05, 4.69) is 18.9 Å². The number of aromatic nitrogens is 2. The van der Waals surface area contributed by atoms with Crippen molar-refractivity contribution in [1.29, 1.82) is 0 Å². The number of H-pyrrole nitrogens is 1. The van der Waals surface area contributed by atoms with Crippen LogP contribution in [0.2, 0.25) is 0 Å². The molecule has 0 bridgehead atoms. The summed E-state index contributed by atoms with van der Waals surface area (Å²) in [6.45, 7) is 6.31. The van der Waals surface area contributed by atoms with Gasteiger partial charge in [-0.1, -0.05) is 31.5 Å². The quantitative estimate of drug-likeness (QED) is 0.865. The summed E-state index contributed by atoms with van der Waals surface area (Å²) >= 11 is 0.